The van der Waals surface area contributed by atoms with Crippen LogP contribution in [0.15, 0.2) is 42.6 Å². The molecule has 3 N–H and O–H groups in total. The van der Waals surface area contributed by atoms with E-state index in [1.807, 2.05) is 36.4 Å². The Hall–Kier alpha value is -2.89. The van der Waals surface area contributed by atoms with Crippen molar-refractivity contribution in [1.29, 1.82) is 0 Å². The quantitative estimate of drug-likeness (QED) is 0.683. The molecule has 1 fully saturated rings. The lowest BCUT2D eigenvalue weighted by Gasteiger charge is -2.06. The van der Waals surface area contributed by atoms with Gasteiger partial charge in [-0.25, -0.2) is 9.97 Å². The smallest absolute Gasteiger partial charge is 0.178 e. The molecule has 1 saturated carbocycles. The predicted molar refractivity (Wildman–Crippen MR) is 87.2 cm³/mol. The molecule has 0 amide bonds. The topological polar surface area (TPSA) is 86.7 Å². The average molecular weight is 297 g/mol. The SMILES string of the molecule is Oc1cnc(-c2ccccc2)nc1Nc1cc(C2CC2)[nH]n1.[HH].[HH]. The van der Waals surface area contributed by atoms with Crippen molar-refractivity contribution in [2.24, 2.45) is 0 Å². The van der Waals surface area contributed by atoms with Gasteiger partial charge in [0.1, 0.15) is 0 Å². The molecule has 0 aliphatic heterocycles. The Balaban J connectivity index is 0.00000104. The van der Waals surface area contributed by atoms with Gasteiger partial charge in [0, 0.05) is 26.1 Å². The number of hydrogen-bond donors (Lipinski definition) is 3. The fourth-order valence-electron chi connectivity index (χ4n) is 2.32. The number of benzene rings is 1. The predicted octanol–water partition coefficient (Wildman–Crippen LogP) is 3.69. The normalized spacial score (nSPS) is 14.0. The lowest BCUT2D eigenvalue weighted by Crippen LogP contribution is -1.98. The van der Waals surface area contributed by atoms with Crippen LogP contribution in [0.4, 0.5) is 11.6 Å². The Bertz CT molecular complexity index is 805. The molecule has 3 aromatic rings. The third-order valence-corrected chi connectivity index (χ3v) is 3.66. The molecule has 0 atom stereocenters. The fourth-order valence-corrected chi connectivity index (χ4v) is 2.32. The minimum absolute atomic E-state index is 0. The maximum Gasteiger partial charge on any atom is 0.178 e. The second-order valence-corrected chi connectivity index (χ2v) is 5.40. The van der Waals surface area contributed by atoms with Crippen LogP contribution >= 0.6 is 0 Å². The van der Waals surface area contributed by atoms with Crippen LogP contribution in [0.2, 0.25) is 0 Å². The molecule has 2 aromatic heterocycles. The van der Waals surface area contributed by atoms with Crippen LogP contribution < -0.4 is 5.32 Å². The molecular formula is C16H19N5O. The molecular weight excluding hydrogens is 278 g/mol. The summed E-state index contributed by atoms with van der Waals surface area (Å²) in [6, 6.07) is 11.6. The molecule has 0 bridgehead atoms. The molecule has 1 aliphatic rings. The van der Waals surface area contributed by atoms with Crippen LogP contribution in [0.3, 0.4) is 0 Å². The van der Waals surface area contributed by atoms with Gasteiger partial charge in [-0.3, -0.25) is 5.10 Å². The third kappa shape index (κ3) is 2.50. The third-order valence-electron chi connectivity index (χ3n) is 3.66. The highest BCUT2D eigenvalue weighted by molar-refractivity contribution is 5.63. The van der Waals surface area contributed by atoms with Crippen molar-refractivity contribution in [3.63, 3.8) is 0 Å². The Kier molecular flexibility index (Phi) is 3.00. The Morgan fingerprint density at radius 3 is 2.82 bits per heavy atom. The molecule has 0 saturated heterocycles. The van der Waals surface area contributed by atoms with Gasteiger partial charge in [-0.15, -0.1) is 0 Å². The molecule has 1 aromatic carbocycles. The maximum absolute atomic E-state index is 9.95. The lowest BCUT2D eigenvalue weighted by atomic mass is 10.2. The van der Waals surface area contributed by atoms with Crippen molar-refractivity contribution in [3.05, 3.63) is 48.3 Å². The van der Waals surface area contributed by atoms with Gasteiger partial charge in [0.05, 0.1) is 6.20 Å². The molecule has 0 unspecified atom stereocenters. The summed E-state index contributed by atoms with van der Waals surface area (Å²) < 4.78 is 0. The van der Waals surface area contributed by atoms with Crippen LogP contribution in [-0.4, -0.2) is 25.3 Å². The number of nitrogens with zero attached hydrogens (tertiary/aromatic N) is 3. The standard InChI is InChI=1S/C16H15N5O.2H2/c22-13-9-17-15(11-4-2-1-3-5-11)19-16(13)18-14-8-12(20-21-14)10-6-7-10;;/h1-5,8-10,22H,6-7H2,(H2,17,18,19,20,21);2*1H. The largest absolute Gasteiger partial charge is 0.503 e. The number of anilines is 2. The second kappa shape index (κ2) is 5.14. The highest BCUT2D eigenvalue weighted by atomic mass is 16.3. The van der Waals surface area contributed by atoms with Crippen molar-refractivity contribution >= 4 is 11.6 Å². The van der Waals surface area contributed by atoms with Crippen molar-refractivity contribution in [2.75, 3.05) is 5.32 Å². The van der Waals surface area contributed by atoms with Gasteiger partial charge in [-0.2, -0.15) is 5.10 Å². The zero-order valence-electron chi connectivity index (χ0n) is 11.8. The number of aromatic nitrogens is 4. The summed E-state index contributed by atoms with van der Waals surface area (Å²) in [4.78, 5) is 8.55. The van der Waals surface area contributed by atoms with Crippen molar-refractivity contribution in [2.45, 2.75) is 18.8 Å². The Labute approximate surface area is 130 Å². The monoisotopic (exact) mass is 297 g/mol. The Morgan fingerprint density at radius 1 is 1.23 bits per heavy atom. The fraction of sp³-hybridized carbons (Fsp3) is 0.188. The molecule has 2 heterocycles. The first-order valence-electron chi connectivity index (χ1n) is 7.23. The number of nitrogens with one attached hydrogen (secondary N) is 2. The first kappa shape index (κ1) is 12.8. The number of aromatic hydroxyl groups is 1. The summed E-state index contributed by atoms with van der Waals surface area (Å²) in [6.07, 6.45) is 3.81. The minimum Gasteiger partial charge on any atom is -0.503 e. The summed E-state index contributed by atoms with van der Waals surface area (Å²) in [5.41, 5.74) is 2.02. The van der Waals surface area contributed by atoms with Gasteiger partial charge in [-0.1, -0.05) is 30.3 Å². The highest BCUT2D eigenvalue weighted by Crippen LogP contribution is 2.39. The number of hydrogen-bond acceptors (Lipinski definition) is 5. The van der Waals surface area contributed by atoms with Gasteiger partial charge < -0.3 is 10.4 Å². The van der Waals surface area contributed by atoms with E-state index in [-0.39, 0.29) is 8.60 Å². The van der Waals surface area contributed by atoms with Crippen molar-refractivity contribution < 1.29 is 7.96 Å². The van der Waals surface area contributed by atoms with E-state index < -0.39 is 0 Å². The van der Waals surface area contributed by atoms with E-state index in [2.05, 4.69) is 25.5 Å². The van der Waals surface area contributed by atoms with E-state index in [0.29, 0.717) is 23.4 Å². The summed E-state index contributed by atoms with van der Waals surface area (Å²) in [7, 11) is 0. The van der Waals surface area contributed by atoms with Crippen molar-refractivity contribution in [3.8, 4) is 17.1 Å². The molecule has 6 nitrogen and oxygen atoms in total. The molecule has 0 spiro atoms. The van der Waals surface area contributed by atoms with E-state index in [1.165, 1.54) is 19.0 Å². The summed E-state index contributed by atoms with van der Waals surface area (Å²) in [5.74, 6) is 2.15. The molecule has 4 rings (SSSR count). The van der Waals surface area contributed by atoms with Crippen LogP contribution in [0.5, 0.6) is 5.75 Å². The minimum atomic E-state index is -0.00402. The van der Waals surface area contributed by atoms with E-state index in [9.17, 15) is 5.11 Å². The van der Waals surface area contributed by atoms with E-state index >= 15 is 0 Å². The molecule has 0 radical (unpaired) electrons. The van der Waals surface area contributed by atoms with Gasteiger partial charge in [0.15, 0.2) is 23.2 Å². The van der Waals surface area contributed by atoms with Gasteiger partial charge in [-0.05, 0) is 12.8 Å². The Morgan fingerprint density at radius 2 is 2.05 bits per heavy atom. The van der Waals surface area contributed by atoms with Crippen LogP contribution in [0.25, 0.3) is 11.4 Å². The highest BCUT2D eigenvalue weighted by Gasteiger charge is 2.25. The molecule has 1 aliphatic carbocycles. The van der Waals surface area contributed by atoms with Gasteiger partial charge >= 0.3 is 0 Å². The molecule has 114 valence electrons. The van der Waals surface area contributed by atoms with E-state index in [1.54, 1.807) is 0 Å². The van der Waals surface area contributed by atoms with Crippen LogP contribution in [0, 0.1) is 0 Å². The number of rotatable bonds is 4. The molecule has 6 heteroatoms. The zero-order chi connectivity index (χ0) is 14.9. The van der Waals surface area contributed by atoms with E-state index in [4.69, 9.17) is 0 Å². The molecule has 22 heavy (non-hydrogen) atoms. The summed E-state index contributed by atoms with van der Waals surface area (Å²) >= 11 is 0. The maximum atomic E-state index is 9.95. The summed E-state index contributed by atoms with van der Waals surface area (Å²) in [5, 5.41) is 20.2. The zero-order valence-corrected chi connectivity index (χ0v) is 11.8. The second-order valence-electron chi connectivity index (χ2n) is 5.40. The average Bonchev–Trinajstić information content (AvgIpc) is 3.30. The van der Waals surface area contributed by atoms with Crippen LogP contribution in [-0.2, 0) is 0 Å². The number of H-pyrrole nitrogens is 1. The lowest BCUT2D eigenvalue weighted by molar-refractivity contribution is 0.472. The van der Waals surface area contributed by atoms with Gasteiger partial charge in [0.25, 0.3) is 0 Å². The van der Waals surface area contributed by atoms with E-state index in [0.717, 1.165) is 11.3 Å². The first-order valence-corrected chi connectivity index (χ1v) is 7.23. The summed E-state index contributed by atoms with van der Waals surface area (Å²) in [6.45, 7) is 0. The first-order chi connectivity index (χ1) is 10.8. The number of aromatic amines is 1. The van der Waals surface area contributed by atoms with Crippen molar-refractivity contribution in [1.82, 2.24) is 20.2 Å². The van der Waals surface area contributed by atoms with Gasteiger partial charge in [0.2, 0.25) is 0 Å². The van der Waals surface area contributed by atoms with Crippen LogP contribution in [0.1, 0.15) is 27.3 Å².